The minimum Gasteiger partial charge on any atom is -0.462 e. The standard InChI is InChI=1S/C73H140O6/c1-4-7-10-13-16-19-22-24-26-28-29-30-31-32-33-34-35-36-37-38-39-40-41-42-43-45-46-48-51-54-57-60-63-66-72(75)78-69-70(68-77-71(74)65-62-59-56-53-50-21-18-15-12-9-6-3)79-73(76)67-64-61-58-55-52-49-47-44-27-25-23-20-17-14-11-8-5-2/h28-29,70H,4-27,30-69H2,1-3H3/b29-28-. The highest BCUT2D eigenvalue weighted by atomic mass is 16.6. The van der Waals surface area contributed by atoms with Gasteiger partial charge in [0.15, 0.2) is 6.10 Å². The summed E-state index contributed by atoms with van der Waals surface area (Å²) in [6.45, 7) is 6.72. The first kappa shape index (κ1) is 77.2. The first-order valence-corrected chi connectivity index (χ1v) is 36.2. The highest BCUT2D eigenvalue weighted by Crippen LogP contribution is 2.19. The molecule has 0 aromatic carbocycles. The van der Waals surface area contributed by atoms with Gasteiger partial charge in [-0.1, -0.05) is 367 Å². The van der Waals surface area contributed by atoms with Crippen LogP contribution in [0.5, 0.6) is 0 Å². The molecule has 0 aromatic heterocycles. The van der Waals surface area contributed by atoms with Crippen LogP contribution in [0.3, 0.4) is 0 Å². The molecule has 0 radical (unpaired) electrons. The highest BCUT2D eigenvalue weighted by molar-refractivity contribution is 5.71. The van der Waals surface area contributed by atoms with Crippen molar-refractivity contribution < 1.29 is 28.6 Å². The van der Waals surface area contributed by atoms with Crippen LogP contribution in [-0.4, -0.2) is 37.2 Å². The zero-order valence-electron chi connectivity index (χ0n) is 53.9. The van der Waals surface area contributed by atoms with Crippen LogP contribution in [0, 0.1) is 0 Å². The maximum Gasteiger partial charge on any atom is 0.306 e. The lowest BCUT2D eigenvalue weighted by atomic mass is 10.0. The Balaban J connectivity index is 4.03. The molecule has 0 aliphatic carbocycles. The SMILES string of the molecule is CCCCCCCCCC/C=C\CCCCCCCCCCCCCCCCCCCCCCCC(=O)OCC(COC(=O)CCCCCCCCCCCCC)OC(=O)CCCCCCCCCCCCCCCCCCC. The van der Waals surface area contributed by atoms with Crippen LogP contribution in [0.4, 0.5) is 0 Å². The third kappa shape index (κ3) is 66.8. The zero-order chi connectivity index (χ0) is 57.1. The number of carbonyl (C=O) groups is 3. The van der Waals surface area contributed by atoms with Crippen LogP contribution in [0.1, 0.15) is 419 Å². The molecule has 0 aromatic rings. The summed E-state index contributed by atoms with van der Waals surface area (Å²) in [5, 5.41) is 0. The Morgan fingerprint density at radius 1 is 0.241 bits per heavy atom. The third-order valence-electron chi connectivity index (χ3n) is 16.8. The van der Waals surface area contributed by atoms with E-state index in [2.05, 4.69) is 32.9 Å². The highest BCUT2D eigenvalue weighted by Gasteiger charge is 2.19. The normalized spacial score (nSPS) is 12.0. The summed E-state index contributed by atoms with van der Waals surface area (Å²) in [4.78, 5) is 38.3. The lowest BCUT2D eigenvalue weighted by Gasteiger charge is -2.18. The maximum absolute atomic E-state index is 12.9. The molecule has 0 heterocycles. The van der Waals surface area contributed by atoms with Crippen LogP contribution in [-0.2, 0) is 28.6 Å². The van der Waals surface area contributed by atoms with Crippen LogP contribution in [0.25, 0.3) is 0 Å². The van der Waals surface area contributed by atoms with Crippen molar-refractivity contribution >= 4 is 17.9 Å². The summed E-state index contributed by atoms with van der Waals surface area (Å²) in [7, 11) is 0. The average Bonchev–Trinajstić information content (AvgIpc) is 3.45. The Hall–Kier alpha value is -1.85. The Morgan fingerprint density at radius 3 is 0.633 bits per heavy atom. The van der Waals surface area contributed by atoms with Crippen molar-refractivity contribution in [2.24, 2.45) is 0 Å². The van der Waals surface area contributed by atoms with Gasteiger partial charge in [0.2, 0.25) is 0 Å². The van der Waals surface area contributed by atoms with Gasteiger partial charge in [-0.2, -0.15) is 0 Å². The van der Waals surface area contributed by atoms with Crippen molar-refractivity contribution in [1.82, 2.24) is 0 Å². The van der Waals surface area contributed by atoms with Gasteiger partial charge in [0.25, 0.3) is 0 Å². The van der Waals surface area contributed by atoms with Crippen molar-refractivity contribution in [2.75, 3.05) is 13.2 Å². The Kier molecular flexibility index (Phi) is 67.0. The minimum absolute atomic E-state index is 0.0618. The molecule has 0 saturated heterocycles. The fourth-order valence-electron chi connectivity index (χ4n) is 11.3. The number of hydrogen-bond acceptors (Lipinski definition) is 6. The maximum atomic E-state index is 12.9. The van der Waals surface area contributed by atoms with Gasteiger partial charge in [0.05, 0.1) is 0 Å². The topological polar surface area (TPSA) is 78.9 Å². The van der Waals surface area contributed by atoms with Gasteiger partial charge in [0.1, 0.15) is 13.2 Å². The minimum atomic E-state index is -0.764. The van der Waals surface area contributed by atoms with E-state index >= 15 is 0 Å². The number of unbranched alkanes of at least 4 members (excludes halogenated alkanes) is 55. The van der Waals surface area contributed by atoms with Crippen molar-refractivity contribution in [1.29, 1.82) is 0 Å². The van der Waals surface area contributed by atoms with E-state index in [-0.39, 0.29) is 31.1 Å². The van der Waals surface area contributed by atoms with Crippen LogP contribution in [0.15, 0.2) is 12.2 Å². The van der Waals surface area contributed by atoms with E-state index in [0.717, 1.165) is 57.8 Å². The molecule has 0 spiro atoms. The number of carbonyl (C=O) groups excluding carboxylic acids is 3. The van der Waals surface area contributed by atoms with Crippen molar-refractivity contribution in [3.8, 4) is 0 Å². The van der Waals surface area contributed by atoms with Crippen LogP contribution >= 0.6 is 0 Å². The Bertz CT molecular complexity index is 1230. The monoisotopic (exact) mass is 1110 g/mol. The van der Waals surface area contributed by atoms with Crippen molar-refractivity contribution in [2.45, 2.75) is 425 Å². The second kappa shape index (κ2) is 68.6. The quantitative estimate of drug-likeness (QED) is 0.0261. The second-order valence-electron chi connectivity index (χ2n) is 24.9. The van der Waals surface area contributed by atoms with E-state index in [0.29, 0.717) is 19.3 Å². The van der Waals surface area contributed by atoms with Gasteiger partial charge >= 0.3 is 17.9 Å². The average molecular weight is 1110 g/mol. The van der Waals surface area contributed by atoms with Gasteiger partial charge in [-0.15, -0.1) is 0 Å². The smallest absolute Gasteiger partial charge is 0.306 e. The Labute approximate surface area is 494 Å². The van der Waals surface area contributed by atoms with Gasteiger partial charge in [-0.05, 0) is 44.9 Å². The summed E-state index contributed by atoms with van der Waals surface area (Å²) in [5.41, 5.74) is 0. The summed E-state index contributed by atoms with van der Waals surface area (Å²) in [6, 6.07) is 0. The number of rotatable bonds is 68. The summed E-state index contributed by atoms with van der Waals surface area (Å²) < 4.78 is 17.0. The van der Waals surface area contributed by atoms with Crippen molar-refractivity contribution in [3.05, 3.63) is 12.2 Å². The number of hydrogen-bond donors (Lipinski definition) is 0. The molecular formula is C73H140O6. The first-order chi connectivity index (χ1) is 39.0. The van der Waals surface area contributed by atoms with Gasteiger partial charge < -0.3 is 14.2 Å². The number of allylic oxidation sites excluding steroid dienone is 2. The van der Waals surface area contributed by atoms with E-state index < -0.39 is 6.10 Å². The predicted octanol–water partition coefficient (Wildman–Crippen LogP) is 24.8. The predicted molar refractivity (Wildman–Crippen MR) is 344 cm³/mol. The van der Waals surface area contributed by atoms with Gasteiger partial charge in [0, 0.05) is 19.3 Å². The fraction of sp³-hybridized carbons (Fsp3) is 0.932. The zero-order valence-corrected chi connectivity index (χ0v) is 53.9. The molecule has 0 aliphatic rings. The lowest BCUT2D eigenvalue weighted by Crippen LogP contribution is -2.30. The van der Waals surface area contributed by atoms with E-state index in [9.17, 15) is 14.4 Å². The molecule has 0 rings (SSSR count). The van der Waals surface area contributed by atoms with Gasteiger partial charge in [-0.25, -0.2) is 0 Å². The summed E-state index contributed by atoms with van der Waals surface area (Å²) in [5.74, 6) is -0.828. The molecule has 0 bridgehead atoms. The first-order valence-electron chi connectivity index (χ1n) is 36.2. The number of ether oxygens (including phenoxy) is 3. The van der Waals surface area contributed by atoms with Crippen LogP contribution < -0.4 is 0 Å². The second-order valence-corrected chi connectivity index (χ2v) is 24.9. The third-order valence-corrected chi connectivity index (χ3v) is 16.8. The summed E-state index contributed by atoms with van der Waals surface area (Å²) in [6.07, 6.45) is 82.7. The Morgan fingerprint density at radius 2 is 0.418 bits per heavy atom. The molecule has 0 aliphatic heterocycles. The largest absolute Gasteiger partial charge is 0.462 e. The molecule has 0 amide bonds. The molecule has 1 atom stereocenters. The molecule has 0 saturated carbocycles. The molecule has 0 N–H and O–H groups in total. The lowest BCUT2D eigenvalue weighted by molar-refractivity contribution is -0.167. The molecule has 79 heavy (non-hydrogen) atoms. The number of esters is 3. The summed E-state index contributed by atoms with van der Waals surface area (Å²) >= 11 is 0. The van der Waals surface area contributed by atoms with E-state index in [1.165, 1.54) is 321 Å². The van der Waals surface area contributed by atoms with E-state index in [4.69, 9.17) is 14.2 Å². The molecule has 468 valence electrons. The fourth-order valence-corrected chi connectivity index (χ4v) is 11.3. The van der Waals surface area contributed by atoms with Gasteiger partial charge in [-0.3, -0.25) is 14.4 Å². The molecule has 6 nitrogen and oxygen atoms in total. The molecule has 6 heteroatoms. The van der Waals surface area contributed by atoms with E-state index in [1.54, 1.807) is 0 Å². The van der Waals surface area contributed by atoms with Crippen molar-refractivity contribution in [3.63, 3.8) is 0 Å². The molecule has 1 unspecified atom stereocenters. The van der Waals surface area contributed by atoms with E-state index in [1.807, 2.05) is 0 Å². The van der Waals surface area contributed by atoms with Crippen LogP contribution in [0.2, 0.25) is 0 Å². The molecular weight excluding hydrogens is 973 g/mol. The molecule has 0 fully saturated rings.